The average Bonchev–Trinajstić information content (AvgIpc) is 2.38. The van der Waals surface area contributed by atoms with E-state index >= 15 is 0 Å². The van der Waals surface area contributed by atoms with Crippen LogP contribution in [0.4, 0.5) is 11.4 Å². The Morgan fingerprint density at radius 1 is 1.29 bits per heavy atom. The summed E-state index contributed by atoms with van der Waals surface area (Å²) in [6, 6.07) is 7.78. The van der Waals surface area contributed by atoms with Crippen molar-refractivity contribution < 1.29 is 14.6 Å². The maximum atomic E-state index is 10.4. The van der Waals surface area contributed by atoms with E-state index in [4.69, 9.17) is 9.84 Å². The molecule has 0 atom stereocenters. The van der Waals surface area contributed by atoms with Crippen LogP contribution >= 0.6 is 0 Å². The molecule has 0 spiro atoms. The fraction of sp³-hybridized carbons (Fsp3) is 0.417. The molecule has 0 amide bonds. The van der Waals surface area contributed by atoms with Crippen LogP contribution in [0.15, 0.2) is 24.3 Å². The van der Waals surface area contributed by atoms with Crippen molar-refractivity contribution in [2.45, 2.75) is 0 Å². The van der Waals surface area contributed by atoms with E-state index in [2.05, 4.69) is 10.2 Å². The van der Waals surface area contributed by atoms with Gasteiger partial charge >= 0.3 is 5.97 Å². The highest BCUT2D eigenvalue weighted by atomic mass is 16.5. The maximum Gasteiger partial charge on any atom is 0.322 e. The topological polar surface area (TPSA) is 61.8 Å². The van der Waals surface area contributed by atoms with E-state index in [9.17, 15) is 4.79 Å². The highest BCUT2D eigenvalue weighted by Crippen LogP contribution is 2.18. The van der Waals surface area contributed by atoms with Gasteiger partial charge in [-0.15, -0.1) is 0 Å². The van der Waals surface area contributed by atoms with Gasteiger partial charge in [0.1, 0.15) is 6.54 Å². The van der Waals surface area contributed by atoms with Crippen LogP contribution in [0.3, 0.4) is 0 Å². The number of carboxylic acids is 1. The maximum absolute atomic E-state index is 10.4. The Morgan fingerprint density at radius 2 is 1.94 bits per heavy atom. The van der Waals surface area contributed by atoms with Crippen molar-refractivity contribution in [1.29, 1.82) is 0 Å². The molecular formula is C12H16N2O3. The van der Waals surface area contributed by atoms with Gasteiger partial charge in [0, 0.05) is 24.5 Å². The Hall–Kier alpha value is -1.75. The zero-order valence-electron chi connectivity index (χ0n) is 9.56. The summed E-state index contributed by atoms with van der Waals surface area (Å²) in [5, 5.41) is 11.4. The van der Waals surface area contributed by atoms with Crippen molar-refractivity contribution in [3.8, 4) is 0 Å². The van der Waals surface area contributed by atoms with Crippen LogP contribution in [0.1, 0.15) is 0 Å². The predicted octanol–water partition coefficient (Wildman–Crippen LogP) is 1.02. The molecule has 1 fully saturated rings. The SMILES string of the molecule is O=C(O)CNc1ccc(N2CCOCC2)cc1. The average molecular weight is 236 g/mol. The number of benzene rings is 1. The largest absolute Gasteiger partial charge is 0.480 e. The third kappa shape index (κ3) is 3.35. The molecule has 1 aromatic rings. The van der Waals surface area contributed by atoms with Crippen molar-refractivity contribution in [3.63, 3.8) is 0 Å². The van der Waals surface area contributed by atoms with Crippen molar-refractivity contribution in [1.82, 2.24) is 0 Å². The van der Waals surface area contributed by atoms with E-state index in [-0.39, 0.29) is 6.54 Å². The molecule has 2 rings (SSSR count). The van der Waals surface area contributed by atoms with Crippen LogP contribution in [0.2, 0.25) is 0 Å². The van der Waals surface area contributed by atoms with Crippen molar-refractivity contribution in [3.05, 3.63) is 24.3 Å². The summed E-state index contributed by atoms with van der Waals surface area (Å²) in [7, 11) is 0. The van der Waals surface area contributed by atoms with Crippen molar-refractivity contribution in [2.75, 3.05) is 43.1 Å². The van der Waals surface area contributed by atoms with Crippen molar-refractivity contribution in [2.24, 2.45) is 0 Å². The molecule has 0 bridgehead atoms. The minimum atomic E-state index is -0.859. The van der Waals surface area contributed by atoms with Crippen LogP contribution in [0.25, 0.3) is 0 Å². The standard InChI is InChI=1S/C12H16N2O3/c15-12(16)9-13-10-1-3-11(4-2-10)14-5-7-17-8-6-14/h1-4,13H,5-9H2,(H,15,16). The normalized spacial score (nSPS) is 15.6. The molecule has 1 aliphatic heterocycles. The van der Waals surface area contributed by atoms with E-state index in [1.165, 1.54) is 0 Å². The van der Waals surface area contributed by atoms with Crippen LogP contribution in [0, 0.1) is 0 Å². The van der Waals surface area contributed by atoms with Gasteiger partial charge in [0.25, 0.3) is 0 Å². The molecule has 17 heavy (non-hydrogen) atoms. The third-order valence-corrected chi connectivity index (χ3v) is 2.69. The Labute approximate surface area is 100.0 Å². The molecule has 0 radical (unpaired) electrons. The molecule has 1 heterocycles. The molecule has 0 aromatic heterocycles. The van der Waals surface area contributed by atoms with Gasteiger partial charge in [-0.2, -0.15) is 0 Å². The first-order chi connectivity index (χ1) is 8.25. The molecule has 0 saturated carbocycles. The summed E-state index contributed by atoms with van der Waals surface area (Å²) >= 11 is 0. The first kappa shape index (κ1) is 11.7. The molecule has 1 aromatic carbocycles. The lowest BCUT2D eigenvalue weighted by molar-refractivity contribution is -0.134. The molecule has 92 valence electrons. The number of ether oxygens (including phenoxy) is 1. The lowest BCUT2D eigenvalue weighted by Crippen LogP contribution is -2.36. The number of morpholine rings is 1. The zero-order chi connectivity index (χ0) is 12.1. The van der Waals surface area contributed by atoms with E-state index in [1.54, 1.807) is 0 Å². The Morgan fingerprint density at radius 3 is 2.53 bits per heavy atom. The second-order valence-corrected chi connectivity index (χ2v) is 3.89. The number of aliphatic carboxylic acids is 1. The van der Waals surface area contributed by atoms with Crippen LogP contribution in [-0.4, -0.2) is 43.9 Å². The first-order valence-corrected chi connectivity index (χ1v) is 5.64. The minimum Gasteiger partial charge on any atom is -0.480 e. The lowest BCUT2D eigenvalue weighted by Gasteiger charge is -2.28. The molecule has 1 saturated heterocycles. The fourth-order valence-electron chi connectivity index (χ4n) is 1.79. The van der Waals surface area contributed by atoms with Crippen LogP contribution in [0.5, 0.6) is 0 Å². The molecule has 1 aliphatic rings. The van der Waals surface area contributed by atoms with Crippen molar-refractivity contribution >= 4 is 17.3 Å². The van der Waals surface area contributed by atoms with Gasteiger partial charge in [-0.3, -0.25) is 4.79 Å². The number of rotatable bonds is 4. The molecule has 0 unspecified atom stereocenters. The summed E-state index contributed by atoms with van der Waals surface area (Å²) in [6.07, 6.45) is 0. The minimum absolute atomic E-state index is 0.0586. The predicted molar refractivity (Wildman–Crippen MR) is 65.6 cm³/mol. The van der Waals surface area contributed by atoms with Crippen LogP contribution < -0.4 is 10.2 Å². The van der Waals surface area contributed by atoms with E-state index in [0.717, 1.165) is 37.7 Å². The molecule has 2 N–H and O–H groups in total. The van der Waals surface area contributed by atoms with Gasteiger partial charge in [0.2, 0.25) is 0 Å². The number of anilines is 2. The van der Waals surface area contributed by atoms with Gasteiger partial charge in [0.15, 0.2) is 0 Å². The monoisotopic (exact) mass is 236 g/mol. The summed E-state index contributed by atoms with van der Waals surface area (Å²) in [6.45, 7) is 3.28. The smallest absolute Gasteiger partial charge is 0.322 e. The van der Waals surface area contributed by atoms with Gasteiger partial charge in [0.05, 0.1) is 13.2 Å². The Kier molecular flexibility index (Phi) is 3.82. The van der Waals surface area contributed by atoms with E-state index in [0.29, 0.717) is 0 Å². The van der Waals surface area contributed by atoms with Gasteiger partial charge < -0.3 is 20.1 Å². The molecule has 5 nitrogen and oxygen atoms in total. The summed E-state index contributed by atoms with van der Waals surface area (Å²) in [5.74, 6) is -0.859. The number of hydrogen-bond donors (Lipinski definition) is 2. The second-order valence-electron chi connectivity index (χ2n) is 3.89. The van der Waals surface area contributed by atoms with Gasteiger partial charge in [-0.25, -0.2) is 0 Å². The molecular weight excluding hydrogens is 220 g/mol. The summed E-state index contributed by atoms with van der Waals surface area (Å²) in [4.78, 5) is 12.7. The molecule has 5 heteroatoms. The zero-order valence-corrected chi connectivity index (χ0v) is 9.56. The summed E-state index contributed by atoms with van der Waals surface area (Å²) < 4.78 is 5.29. The number of nitrogens with zero attached hydrogens (tertiary/aromatic N) is 1. The number of carboxylic acid groups (broad SMARTS) is 1. The van der Waals surface area contributed by atoms with Crippen LogP contribution in [-0.2, 0) is 9.53 Å². The first-order valence-electron chi connectivity index (χ1n) is 5.64. The van der Waals surface area contributed by atoms with E-state index < -0.39 is 5.97 Å². The summed E-state index contributed by atoms with van der Waals surface area (Å²) in [5.41, 5.74) is 1.97. The van der Waals surface area contributed by atoms with E-state index in [1.807, 2.05) is 24.3 Å². The highest BCUT2D eigenvalue weighted by molar-refractivity contribution is 5.73. The number of hydrogen-bond acceptors (Lipinski definition) is 4. The lowest BCUT2D eigenvalue weighted by atomic mass is 10.2. The number of carbonyl (C=O) groups is 1. The number of nitrogens with one attached hydrogen (secondary N) is 1. The highest BCUT2D eigenvalue weighted by Gasteiger charge is 2.10. The third-order valence-electron chi connectivity index (χ3n) is 2.69. The van der Waals surface area contributed by atoms with Gasteiger partial charge in [-0.1, -0.05) is 0 Å². The quantitative estimate of drug-likeness (QED) is 0.817. The Bertz CT molecular complexity index is 372. The van der Waals surface area contributed by atoms with Gasteiger partial charge in [-0.05, 0) is 24.3 Å². The Balaban J connectivity index is 1.94. The second kappa shape index (κ2) is 5.54. The fourth-order valence-corrected chi connectivity index (χ4v) is 1.79. The molecule has 0 aliphatic carbocycles.